The first kappa shape index (κ1) is 15.3. The average Bonchev–Trinajstić information content (AvgIpc) is 3.14. The summed E-state index contributed by atoms with van der Waals surface area (Å²) in [6.07, 6.45) is 3.13. The predicted molar refractivity (Wildman–Crippen MR) is 80.4 cm³/mol. The lowest BCUT2D eigenvalue weighted by molar-refractivity contribution is 0.148. The third-order valence-corrected chi connectivity index (χ3v) is 5.41. The first-order valence-electron chi connectivity index (χ1n) is 7.15. The van der Waals surface area contributed by atoms with Crippen molar-refractivity contribution in [3.05, 3.63) is 30.2 Å². The Morgan fingerprint density at radius 3 is 3.14 bits per heavy atom. The van der Waals surface area contributed by atoms with Gasteiger partial charge < -0.3 is 4.74 Å². The molecular weight excluding hydrogens is 306 g/mol. The largest absolute Gasteiger partial charge is 0.383 e. The smallest absolute Gasteiger partial charge is 0.280 e. The van der Waals surface area contributed by atoms with E-state index < -0.39 is 10.2 Å². The second-order valence-electron chi connectivity index (χ2n) is 5.24. The molecule has 22 heavy (non-hydrogen) atoms. The van der Waals surface area contributed by atoms with Crippen molar-refractivity contribution in [3.8, 4) is 0 Å². The van der Waals surface area contributed by atoms with Crippen molar-refractivity contribution >= 4 is 15.9 Å². The number of nitrogens with one attached hydrogen (secondary N) is 1. The van der Waals surface area contributed by atoms with E-state index in [1.165, 1.54) is 10.6 Å². The van der Waals surface area contributed by atoms with E-state index >= 15 is 0 Å². The highest BCUT2D eigenvalue weighted by atomic mass is 32.2. The Bertz CT molecular complexity index is 745. The van der Waals surface area contributed by atoms with E-state index in [0.29, 0.717) is 18.8 Å². The molecule has 0 aliphatic carbocycles. The normalized spacial score (nSPS) is 20.0. The van der Waals surface area contributed by atoms with Crippen LogP contribution in [0, 0.1) is 0 Å². The number of hydrogen-bond donors (Lipinski definition) is 1. The monoisotopic (exact) mass is 325 g/mol. The number of fused-ring (bicyclic) bond motifs is 1. The van der Waals surface area contributed by atoms with Gasteiger partial charge in [0.15, 0.2) is 5.65 Å². The second-order valence-corrected chi connectivity index (χ2v) is 6.94. The van der Waals surface area contributed by atoms with Gasteiger partial charge in [-0.1, -0.05) is 6.07 Å². The zero-order valence-electron chi connectivity index (χ0n) is 12.3. The molecule has 1 atom stereocenters. The highest BCUT2D eigenvalue weighted by molar-refractivity contribution is 7.87. The van der Waals surface area contributed by atoms with E-state index in [9.17, 15) is 8.42 Å². The van der Waals surface area contributed by atoms with Gasteiger partial charge in [-0.2, -0.15) is 22.5 Å². The Hall–Kier alpha value is -1.55. The van der Waals surface area contributed by atoms with Crippen molar-refractivity contribution < 1.29 is 13.2 Å². The van der Waals surface area contributed by atoms with Gasteiger partial charge in [0.2, 0.25) is 0 Å². The molecule has 3 heterocycles. The van der Waals surface area contributed by atoms with Crippen LogP contribution in [0.5, 0.6) is 0 Å². The highest BCUT2D eigenvalue weighted by Gasteiger charge is 2.33. The van der Waals surface area contributed by atoms with E-state index in [-0.39, 0.29) is 12.6 Å². The number of nitrogens with zero attached hydrogens (tertiary/aromatic N) is 4. The van der Waals surface area contributed by atoms with E-state index in [1.807, 2.05) is 18.2 Å². The lowest BCUT2D eigenvalue weighted by Gasteiger charge is -2.23. The molecule has 120 valence electrons. The summed E-state index contributed by atoms with van der Waals surface area (Å²) in [5, 5.41) is 4.10. The number of pyridine rings is 1. The standard InChI is InChI=1S/C13H19N5O3S/c1-21-9-12-5-3-7-17(12)22(19,20)16-8-11-4-2-6-13-14-10-15-18(11)13/h2,4,6,10,12,16H,3,5,7-9H2,1H3. The van der Waals surface area contributed by atoms with Crippen LogP contribution < -0.4 is 4.72 Å². The van der Waals surface area contributed by atoms with Crippen LogP contribution in [0.15, 0.2) is 24.5 Å². The first-order valence-corrected chi connectivity index (χ1v) is 8.59. The minimum Gasteiger partial charge on any atom is -0.383 e. The third-order valence-electron chi connectivity index (χ3n) is 3.81. The van der Waals surface area contributed by atoms with Gasteiger partial charge >= 0.3 is 0 Å². The SMILES string of the molecule is COCC1CCCN1S(=O)(=O)NCc1cccc2ncnn12. The zero-order valence-corrected chi connectivity index (χ0v) is 13.2. The molecular formula is C13H19N5O3S. The van der Waals surface area contributed by atoms with Gasteiger partial charge in [-0.05, 0) is 25.0 Å². The molecule has 8 nitrogen and oxygen atoms in total. The van der Waals surface area contributed by atoms with Gasteiger partial charge in [0.1, 0.15) is 6.33 Å². The molecule has 1 N–H and O–H groups in total. The van der Waals surface area contributed by atoms with Crippen LogP contribution in [-0.4, -0.2) is 53.6 Å². The quantitative estimate of drug-likeness (QED) is 0.818. The molecule has 9 heteroatoms. The minimum absolute atomic E-state index is 0.0929. The maximum Gasteiger partial charge on any atom is 0.280 e. The summed E-state index contributed by atoms with van der Waals surface area (Å²) < 4.78 is 35.8. The van der Waals surface area contributed by atoms with Crippen molar-refractivity contribution in [2.24, 2.45) is 0 Å². The maximum absolute atomic E-state index is 12.5. The summed E-state index contributed by atoms with van der Waals surface area (Å²) in [5.41, 5.74) is 1.43. The fourth-order valence-corrected chi connectivity index (χ4v) is 4.19. The Labute approximate surface area is 129 Å². The van der Waals surface area contributed by atoms with Crippen molar-refractivity contribution in [2.45, 2.75) is 25.4 Å². The van der Waals surface area contributed by atoms with Crippen molar-refractivity contribution in [3.63, 3.8) is 0 Å². The summed E-state index contributed by atoms with van der Waals surface area (Å²) in [7, 11) is -1.95. The number of rotatable bonds is 6. The lowest BCUT2D eigenvalue weighted by atomic mass is 10.2. The summed E-state index contributed by atoms with van der Waals surface area (Å²) in [6, 6.07) is 5.38. The molecule has 3 rings (SSSR count). The second kappa shape index (κ2) is 6.29. The molecule has 0 aromatic carbocycles. The highest BCUT2D eigenvalue weighted by Crippen LogP contribution is 2.20. The van der Waals surface area contributed by atoms with Crippen molar-refractivity contribution in [1.29, 1.82) is 0 Å². The zero-order chi connectivity index (χ0) is 15.6. The van der Waals surface area contributed by atoms with Crippen LogP contribution in [0.2, 0.25) is 0 Å². The molecule has 2 aromatic heterocycles. The van der Waals surface area contributed by atoms with Gasteiger partial charge in [0.25, 0.3) is 10.2 Å². The van der Waals surface area contributed by atoms with Crippen molar-refractivity contribution in [1.82, 2.24) is 23.6 Å². The minimum atomic E-state index is -3.54. The molecule has 1 aliphatic rings. The lowest BCUT2D eigenvalue weighted by Crippen LogP contribution is -2.44. The van der Waals surface area contributed by atoms with Gasteiger partial charge in [-0.25, -0.2) is 9.50 Å². The van der Waals surface area contributed by atoms with Gasteiger partial charge in [-0.15, -0.1) is 0 Å². The van der Waals surface area contributed by atoms with Crippen LogP contribution in [0.1, 0.15) is 18.5 Å². The van der Waals surface area contributed by atoms with Crippen molar-refractivity contribution in [2.75, 3.05) is 20.3 Å². The van der Waals surface area contributed by atoms with Gasteiger partial charge in [-0.3, -0.25) is 0 Å². The summed E-state index contributed by atoms with van der Waals surface area (Å²) >= 11 is 0. The van der Waals surface area contributed by atoms with Crippen LogP contribution in [0.4, 0.5) is 0 Å². The number of aromatic nitrogens is 3. The summed E-state index contributed by atoms with van der Waals surface area (Å²) in [6.45, 7) is 1.11. The summed E-state index contributed by atoms with van der Waals surface area (Å²) in [5.74, 6) is 0. The Morgan fingerprint density at radius 2 is 2.32 bits per heavy atom. The fourth-order valence-electron chi connectivity index (χ4n) is 2.77. The van der Waals surface area contributed by atoms with Gasteiger partial charge in [0, 0.05) is 19.7 Å². The molecule has 0 saturated carbocycles. The number of methoxy groups -OCH3 is 1. The summed E-state index contributed by atoms with van der Waals surface area (Å²) in [4.78, 5) is 4.09. The number of hydrogen-bond acceptors (Lipinski definition) is 5. The third kappa shape index (κ3) is 2.98. The molecule has 1 fully saturated rings. The molecule has 0 amide bonds. The molecule has 1 unspecified atom stereocenters. The topological polar surface area (TPSA) is 88.8 Å². The Balaban J connectivity index is 1.73. The molecule has 1 aliphatic heterocycles. The first-order chi connectivity index (χ1) is 10.6. The predicted octanol–water partition coefficient (Wildman–Crippen LogP) is 0.175. The maximum atomic E-state index is 12.5. The molecule has 0 radical (unpaired) electrons. The van der Waals surface area contributed by atoms with Crippen LogP contribution in [-0.2, 0) is 21.5 Å². The number of ether oxygens (including phenoxy) is 1. The van der Waals surface area contributed by atoms with E-state index in [0.717, 1.165) is 18.5 Å². The Kier molecular flexibility index (Phi) is 4.39. The molecule has 1 saturated heterocycles. The van der Waals surface area contributed by atoms with E-state index in [1.54, 1.807) is 11.6 Å². The molecule has 2 aromatic rings. The van der Waals surface area contributed by atoms with Gasteiger partial charge in [0.05, 0.1) is 18.8 Å². The van der Waals surface area contributed by atoms with E-state index in [4.69, 9.17) is 4.74 Å². The Morgan fingerprint density at radius 1 is 1.45 bits per heavy atom. The fraction of sp³-hybridized carbons (Fsp3) is 0.538. The molecule has 0 bridgehead atoms. The van der Waals surface area contributed by atoms with Crippen LogP contribution in [0.3, 0.4) is 0 Å². The van der Waals surface area contributed by atoms with Crippen LogP contribution >= 0.6 is 0 Å². The molecule has 0 spiro atoms. The van der Waals surface area contributed by atoms with Crippen LogP contribution in [0.25, 0.3) is 5.65 Å². The van der Waals surface area contributed by atoms with E-state index in [2.05, 4.69) is 14.8 Å². The average molecular weight is 325 g/mol.